The molecule has 0 saturated carbocycles. The summed E-state index contributed by atoms with van der Waals surface area (Å²) in [5, 5.41) is 0.583. The molecule has 2 amide bonds. The van der Waals surface area contributed by atoms with Crippen molar-refractivity contribution in [2.24, 2.45) is 0 Å². The Morgan fingerprint density at radius 3 is 2.32 bits per heavy atom. The van der Waals surface area contributed by atoms with Crippen LogP contribution in [0.15, 0.2) is 42.5 Å². The number of hydrazine groups is 1. The fourth-order valence-corrected chi connectivity index (χ4v) is 2.19. The van der Waals surface area contributed by atoms with E-state index in [1.807, 2.05) is 0 Å². The number of hydrogen-bond donors (Lipinski definition) is 2. The second kappa shape index (κ2) is 7.24. The Kier molecular flexibility index (Phi) is 5.35. The van der Waals surface area contributed by atoms with Gasteiger partial charge in [-0.3, -0.25) is 20.4 Å². The van der Waals surface area contributed by atoms with Gasteiger partial charge >= 0.3 is 0 Å². The fourth-order valence-electron chi connectivity index (χ4n) is 1.70. The van der Waals surface area contributed by atoms with Gasteiger partial charge in [0.1, 0.15) is 5.82 Å². The zero-order chi connectivity index (χ0) is 16.1. The molecule has 2 aromatic rings. The molecule has 7 heteroatoms. The monoisotopic (exact) mass is 340 g/mol. The zero-order valence-electron chi connectivity index (χ0n) is 11.2. The van der Waals surface area contributed by atoms with Crippen molar-refractivity contribution in [1.82, 2.24) is 10.9 Å². The summed E-state index contributed by atoms with van der Waals surface area (Å²) >= 11 is 11.6. The number of carbonyl (C=O) groups excluding carboxylic acids is 2. The Morgan fingerprint density at radius 1 is 1.00 bits per heavy atom. The van der Waals surface area contributed by atoms with Gasteiger partial charge in [-0.1, -0.05) is 35.3 Å². The van der Waals surface area contributed by atoms with E-state index in [0.29, 0.717) is 10.6 Å². The Morgan fingerprint density at radius 2 is 1.68 bits per heavy atom. The molecule has 0 aliphatic rings. The lowest BCUT2D eigenvalue weighted by Crippen LogP contribution is -2.42. The van der Waals surface area contributed by atoms with Gasteiger partial charge in [-0.2, -0.15) is 0 Å². The highest BCUT2D eigenvalue weighted by molar-refractivity contribution is 6.36. The molecule has 0 aliphatic carbocycles. The molecular weight excluding hydrogens is 330 g/mol. The zero-order valence-corrected chi connectivity index (χ0v) is 12.7. The van der Waals surface area contributed by atoms with E-state index in [2.05, 4.69) is 10.9 Å². The average molecular weight is 341 g/mol. The van der Waals surface area contributed by atoms with Crippen molar-refractivity contribution in [2.75, 3.05) is 0 Å². The van der Waals surface area contributed by atoms with Crippen LogP contribution >= 0.6 is 23.2 Å². The van der Waals surface area contributed by atoms with Crippen molar-refractivity contribution < 1.29 is 14.0 Å². The predicted molar refractivity (Wildman–Crippen MR) is 82.2 cm³/mol. The van der Waals surface area contributed by atoms with Crippen LogP contribution in [0.5, 0.6) is 0 Å². The van der Waals surface area contributed by atoms with Crippen LogP contribution in [0.25, 0.3) is 0 Å². The third-order valence-corrected chi connectivity index (χ3v) is 3.32. The van der Waals surface area contributed by atoms with Gasteiger partial charge in [0, 0.05) is 5.02 Å². The van der Waals surface area contributed by atoms with Crippen LogP contribution < -0.4 is 10.9 Å². The molecule has 0 radical (unpaired) electrons. The standard InChI is InChI=1S/C15H11Cl2FN2O2/c16-10-3-6-12(13(17)8-10)15(22)20-19-14(21)7-9-1-4-11(18)5-2-9/h1-6,8H,7H2,(H,19,21)(H,20,22). The van der Waals surface area contributed by atoms with Crippen LogP contribution in [0.1, 0.15) is 15.9 Å². The third kappa shape index (κ3) is 4.44. The van der Waals surface area contributed by atoms with Crippen molar-refractivity contribution in [3.63, 3.8) is 0 Å². The van der Waals surface area contributed by atoms with Crippen molar-refractivity contribution in [2.45, 2.75) is 6.42 Å². The molecule has 0 aromatic heterocycles. The van der Waals surface area contributed by atoms with Gasteiger partial charge in [-0.25, -0.2) is 4.39 Å². The van der Waals surface area contributed by atoms with E-state index in [4.69, 9.17) is 23.2 Å². The fraction of sp³-hybridized carbons (Fsp3) is 0.0667. The summed E-state index contributed by atoms with van der Waals surface area (Å²) in [6, 6.07) is 9.90. The van der Waals surface area contributed by atoms with E-state index < -0.39 is 11.8 Å². The van der Waals surface area contributed by atoms with E-state index in [9.17, 15) is 14.0 Å². The lowest BCUT2D eigenvalue weighted by Gasteiger charge is -2.08. The first-order valence-corrected chi connectivity index (χ1v) is 7.00. The van der Waals surface area contributed by atoms with Crippen molar-refractivity contribution in [1.29, 1.82) is 0 Å². The molecule has 0 heterocycles. The van der Waals surface area contributed by atoms with Crippen molar-refractivity contribution in [3.05, 3.63) is 69.5 Å². The molecule has 2 aromatic carbocycles. The molecule has 114 valence electrons. The lowest BCUT2D eigenvalue weighted by molar-refractivity contribution is -0.121. The van der Waals surface area contributed by atoms with E-state index in [0.717, 1.165) is 0 Å². The molecule has 0 saturated heterocycles. The van der Waals surface area contributed by atoms with Crippen LogP contribution in [0, 0.1) is 5.82 Å². The number of amides is 2. The minimum atomic E-state index is -0.561. The van der Waals surface area contributed by atoms with E-state index in [-0.39, 0.29) is 22.8 Å². The topological polar surface area (TPSA) is 58.2 Å². The summed E-state index contributed by atoms with van der Waals surface area (Å²) in [5.74, 6) is -1.38. The summed E-state index contributed by atoms with van der Waals surface area (Å²) < 4.78 is 12.8. The quantitative estimate of drug-likeness (QED) is 0.843. The lowest BCUT2D eigenvalue weighted by atomic mass is 10.1. The molecule has 2 rings (SSSR count). The first-order valence-electron chi connectivity index (χ1n) is 6.24. The second-order valence-electron chi connectivity index (χ2n) is 4.43. The van der Waals surface area contributed by atoms with Crippen LogP contribution in [0.3, 0.4) is 0 Å². The Hall–Kier alpha value is -2.11. The molecule has 0 unspecified atom stereocenters. The highest BCUT2D eigenvalue weighted by atomic mass is 35.5. The Labute approximate surface area is 136 Å². The second-order valence-corrected chi connectivity index (χ2v) is 5.27. The molecule has 0 aliphatic heterocycles. The molecule has 0 bridgehead atoms. The molecule has 22 heavy (non-hydrogen) atoms. The number of nitrogens with one attached hydrogen (secondary N) is 2. The minimum Gasteiger partial charge on any atom is -0.273 e. The Balaban J connectivity index is 1.90. The maximum Gasteiger partial charge on any atom is 0.271 e. The van der Waals surface area contributed by atoms with Crippen LogP contribution in [0.4, 0.5) is 4.39 Å². The number of rotatable bonds is 3. The van der Waals surface area contributed by atoms with Crippen molar-refractivity contribution in [3.8, 4) is 0 Å². The van der Waals surface area contributed by atoms with E-state index in [1.165, 1.54) is 42.5 Å². The number of benzene rings is 2. The van der Waals surface area contributed by atoms with Crippen LogP contribution in [-0.4, -0.2) is 11.8 Å². The molecule has 4 nitrogen and oxygen atoms in total. The highest BCUT2D eigenvalue weighted by Crippen LogP contribution is 2.20. The van der Waals surface area contributed by atoms with E-state index in [1.54, 1.807) is 0 Å². The summed E-state index contributed by atoms with van der Waals surface area (Å²) in [5.41, 5.74) is 5.32. The molecule has 0 fully saturated rings. The van der Waals surface area contributed by atoms with Crippen LogP contribution in [0.2, 0.25) is 10.0 Å². The maximum absolute atomic E-state index is 12.8. The predicted octanol–water partition coefficient (Wildman–Crippen LogP) is 3.14. The largest absolute Gasteiger partial charge is 0.273 e. The van der Waals surface area contributed by atoms with Gasteiger partial charge in [-0.05, 0) is 35.9 Å². The number of carbonyl (C=O) groups is 2. The average Bonchev–Trinajstić information content (AvgIpc) is 2.47. The third-order valence-electron chi connectivity index (χ3n) is 2.77. The first kappa shape index (κ1) is 16.3. The number of halogens is 3. The maximum atomic E-state index is 12.8. The number of hydrogen-bond acceptors (Lipinski definition) is 2. The van der Waals surface area contributed by atoms with Gasteiger partial charge < -0.3 is 0 Å². The summed E-state index contributed by atoms with van der Waals surface area (Å²) in [4.78, 5) is 23.6. The summed E-state index contributed by atoms with van der Waals surface area (Å²) in [6.07, 6.45) is 0.00884. The minimum absolute atomic E-state index is 0.00884. The molecule has 0 spiro atoms. The van der Waals surface area contributed by atoms with Crippen molar-refractivity contribution >= 4 is 35.0 Å². The van der Waals surface area contributed by atoms with E-state index >= 15 is 0 Å². The van der Waals surface area contributed by atoms with Gasteiger partial charge in [0.25, 0.3) is 5.91 Å². The molecular formula is C15H11Cl2FN2O2. The van der Waals surface area contributed by atoms with Gasteiger partial charge in [0.05, 0.1) is 17.0 Å². The smallest absolute Gasteiger partial charge is 0.271 e. The van der Waals surface area contributed by atoms with Crippen LogP contribution in [-0.2, 0) is 11.2 Å². The normalized spacial score (nSPS) is 10.1. The van der Waals surface area contributed by atoms with Gasteiger partial charge in [-0.15, -0.1) is 0 Å². The molecule has 2 N–H and O–H groups in total. The Bertz CT molecular complexity index is 705. The molecule has 0 atom stereocenters. The van der Waals surface area contributed by atoms with Gasteiger partial charge in [0.15, 0.2) is 0 Å². The van der Waals surface area contributed by atoms with Gasteiger partial charge in [0.2, 0.25) is 5.91 Å². The summed E-state index contributed by atoms with van der Waals surface area (Å²) in [6.45, 7) is 0. The SMILES string of the molecule is O=C(Cc1ccc(F)cc1)NNC(=O)c1ccc(Cl)cc1Cl. The first-order chi connectivity index (χ1) is 10.5. The summed E-state index contributed by atoms with van der Waals surface area (Å²) in [7, 11) is 0. The highest BCUT2D eigenvalue weighted by Gasteiger charge is 2.11.